The number of piperidine rings is 3. The van der Waals surface area contributed by atoms with Gasteiger partial charge in [-0.1, -0.05) is 18.0 Å². The summed E-state index contributed by atoms with van der Waals surface area (Å²) in [6.07, 6.45) is 7.83. The number of ether oxygens (including phenoxy) is 1. The summed E-state index contributed by atoms with van der Waals surface area (Å²) in [5.74, 6) is -0.0685. The summed E-state index contributed by atoms with van der Waals surface area (Å²) >= 11 is 0. The molecule has 2 N–H and O–H groups in total. The third-order valence-electron chi connectivity index (χ3n) is 7.64. The normalized spacial score (nSPS) is 28.6. The summed E-state index contributed by atoms with van der Waals surface area (Å²) < 4.78 is 16.8. The highest BCUT2D eigenvalue weighted by molar-refractivity contribution is 5.90. The van der Waals surface area contributed by atoms with Crippen LogP contribution in [0.4, 0.5) is 5.82 Å². The van der Waals surface area contributed by atoms with Gasteiger partial charge in [0.15, 0.2) is 18.5 Å². The molecule has 3 aliphatic heterocycles. The summed E-state index contributed by atoms with van der Waals surface area (Å²) in [5, 5.41) is 18.0. The van der Waals surface area contributed by atoms with Gasteiger partial charge in [-0.05, 0) is 25.0 Å². The molecule has 10 heteroatoms. The van der Waals surface area contributed by atoms with E-state index in [1.807, 2.05) is 0 Å². The number of carbonyl (C=O) groups excluding carboxylic acids is 2. The van der Waals surface area contributed by atoms with Crippen molar-refractivity contribution in [3.63, 3.8) is 0 Å². The number of hydrogen-bond acceptors (Lipinski definition) is 7. The average Bonchev–Trinajstić information content (AvgIpc) is 3.57. The lowest BCUT2D eigenvalue weighted by molar-refractivity contribution is -0.939. The molecule has 5 heterocycles. The quantitative estimate of drug-likeness (QED) is 0.369. The van der Waals surface area contributed by atoms with E-state index in [2.05, 4.69) is 10.5 Å². The Labute approximate surface area is 202 Å². The van der Waals surface area contributed by atoms with Crippen molar-refractivity contribution >= 4 is 17.7 Å². The molecule has 9 nitrogen and oxygen atoms in total. The highest BCUT2D eigenvalue weighted by Gasteiger charge is 2.54. The minimum atomic E-state index is -1.76. The first-order valence-corrected chi connectivity index (χ1v) is 11.5. The molecule has 2 bridgehead atoms. The Hall–Kier alpha value is -2.17. The summed E-state index contributed by atoms with van der Waals surface area (Å²) in [6, 6.07) is 4.94. The number of furan rings is 1. The second kappa shape index (κ2) is 9.60. The first kappa shape index (κ1) is 24.0. The highest BCUT2D eigenvalue weighted by Crippen LogP contribution is 2.43. The molecule has 6 rings (SSSR count). The predicted molar refractivity (Wildman–Crippen MR) is 112 cm³/mol. The van der Waals surface area contributed by atoms with Gasteiger partial charge in [-0.3, -0.25) is 4.79 Å². The summed E-state index contributed by atoms with van der Waals surface area (Å²) in [4.78, 5) is 26.0. The van der Waals surface area contributed by atoms with Crippen LogP contribution in [-0.4, -0.2) is 58.9 Å². The number of quaternary nitrogens is 1. The molecule has 0 radical (unpaired) electrons. The van der Waals surface area contributed by atoms with E-state index in [1.165, 1.54) is 12.5 Å². The number of anilines is 1. The van der Waals surface area contributed by atoms with Gasteiger partial charge in [0.05, 0.1) is 19.4 Å². The maximum atomic E-state index is 13.4. The number of carbonyl (C=O) groups is 2. The zero-order valence-corrected chi connectivity index (χ0v) is 20.0. The molecule has 180 valence electrons. The van der Waals surface area contributed by atoms with Gasteiger partial charge in [0.1, 0.15) is 18.6 Å². The van der Waals surface area contributed by atoms with Crippen molar-refractivity contribution in [1.82, 2.24) is 5.16 Å². The molecular formula is C23H30BrN3O6. The number of fused-ring (bicyclic) bond motifs is 3. The molecule has 2 aromatic rings. The number of amides is 1. The van der Waals surface area contributed by atoms with Crippen molar-refractivity contribution in [2.75, 3.05) is 31.5 Å². The lowest BCUT2D eigenvalue weighted by Crippen LogP contribution is -3.00. The van der Waals surface area contributed by atoms with E-state index in [4.69, 9.17) is 13.7 Å². The molecule has 1 amide bonds. The monoisotopic (exact) mass is 523 g/mol. The van der Waals surface area contributed by atoms with Crippen LogP contribution in [0.1, 0.15) is 44.3 Å². The molecule has 1 saturated carbocycles. The van der Waals surface area contributed by atoms with Crippen LogP contribution in [0, 0.1) is 11.8 Å². The standard InChI is InChI=1S/C23H29N3O6.BrH/c27-21(24-20-9-13-31-25-20)15-26-10-7-16(8-11-26)18(14-26)32-22(28)23(29,17-4-1-2-5-17)19-6-3-12-30-19;/h3,6,9,12-13,16-18,29H,1-2,4-5,7-8,10-11,14-15H2;1H/t16?,18-,23?,26?;/m0./s1. The minimum Gasteiger partial charge on any atom is -1.00 e. The van der Waals surface area contributed by atoms with Gasteiger partial charge in [0.2, 0.25) is 5.60 Å². The SMILES string of the molecule is O=C(C[N+]12CCC(CC1)[C@@H](OC(=O)C(O)(c1ccco1)C1CCCC1)C2)Nc1ccon1.[Br-]. The molecule has 4 aliphatic rings. The third-order valence-corrected chi connectivity index (χ3v) is 7.64. The average molecular weight is 524 g/mol. The molecular weight excluding hydrogens is 494 g/mol. The Morgan fingerprint density at radius 3 is 2.58 bits per heavy atom. The predicted octanol–water partition coefficient (Wildman–Crippen LogP) is -0.560. The Balaban J connectivity index is 0.00000259. The third kappa shape index (κ3) is 4.61. The lowest BCUT2D eigenvalue weighted by Gasteiger charge is -2.51. The fraction of sp³-hybridized carbons (Fsp3) is 0.609. The number of nitrogens with zero attached hydrogens (tertiary/aromatic N) is 2. The lowest BCUT2D eigenvalue weighted by atomic mass is 9.81. The number of rotatable bonds is 7. The van der Waals surface area contributed by atoms with Crippen LogP contribution >= 0.6 is 0 Å². The topological polar surface area (TPSA) is 115 Å². The van der Waals surface area contributed by atoms with Crippen LogP contribution in [0.2, 0.25) is 0 Å². The zero-order chi connectivity index (χ0) is 22.2. The number of aromatic nitrogens is 1. The molecule has 2 aromatic heterocycles. The van der Waals surface area contributed by atoms with Crippen LogP contribution in [0.25, 0.3) is 0 Å². The van der Waals surface area contributed by atoms with Crippen LogP contribution in [0.3, 0.4) is 0 Å². The number of aliphatic hydroxyl groups is 1. The summed E-state index contributed by atoms with van der Waals surface area (Å²) in [6.45, 7) is 2.60. The number of nitrogens with one attached hydrogen (secondary N) is 1. The van der Waals surface area contributed by atoms with E-state index >= 15 is 0 Å². The van der Waals surface area contributed by atoms with Gasteiger partial charge < -0.3 is 45.6 Å². The molecule has 3 saturated heterocycles. The largest absolute Gasteiger partial charge is 1.00 e. The van der Waals surface area contributed by atoms with Crippen molar-refractivity contribution in [3.05, 3.63) is 36.5 Å². The van der Waals surface area contributed by atoms with Gasteiger partial charge in [0.25, 0.3) is 5.91 Å². The fourth-order valence-electron chi connectivity index (χ4n) is 5.88. The number of halogens is 1. The summed E-state index contributed by atoms with van der Waals surface area (Å²) in [7, 11) is 0. The summed E-state index contributed by atoms with van der Waals surface area (Å²) in [5.41, 5.74) is -1.76. The van der Waals surface area contributed by atoms with Gasteiger partial charge >= 0.3 is 5.97 Å². The Kier molecular flexibility index (Phi) is 6.97. The zero-order valence-electron chi connectivity index (χ0n) is 18.5. The smallest absolute Gasteiger partial charge is 0.346 e. The van der Waals surface area contributed by atoms with Crippen LogP contribution in [0.15, 0.2) is 39.7 Å². The first-order chi connectivity index (χ1) is 15.5. The Morgan fingerprint density at radius 1 is 1.18 bits per heavy atom. The van der Waals surface area contributed by atoms with E-state index in [0.717, 1.165) is 51.6 Å². The van der Waals surface area contributed by atoms with Crippen LogP contribution in [-0.2, 0) is 19.9 Å². The highest BCUT2D eigenvalue weighted by atomic mass is 79.9. The minimum absolute atomic E-state index is 0. The van der Waals surface area contributed by atoms with Gasteiger partial charge in [-0.25, -0.2) is 4.79 Å². The van der Waals surface area contributed by atoms with Crippen molar-refractivity contribution in [3.8, 4) is 0 Å². The van der Waals surface area contributed by atoms with Crippen molar-refractivity contribution < 1.29 is 49.8 Å². The van der Waals surface area contributed by atoms with E-state index in [1.54, 1.807) is 18.2 Å². The number of esters is 1. The Morgan fingerprint density at radius 2 is 1.94 bits per heavy atom. The molecule has 33 heavy (non-hydrogen) atoms. The Bertz CT molecular complexity index is 936. The molecule has 2 atom stereocenters. The van der Waals surface area contributed by atoms with Crippen molar-refractivity contribution in [2.45, 2.75) is 50.2 Å². The maximum Gasteiger partial charge on any atom is 0.346 e. The van der Waals surface area contributed by atoms with Crippen molar-refractivity contribution in [1.29, 1.82) is 0 Å². The second-order valence-electron chi connectivity index (χ2n) is 9.57. The van der Waals surface area contributed by atoms with Gasteiger partial charge in [0, 0.05) is 30.7 Å². The second-order valence-corrected chi connectivity index (χ2v) is 9.57. The number of hydrogen-bond donors (Lipinski definition) is 2. The van der Waals surface area contributed by atoms with E-state index < -0.39 is 11.6 Å². The van der Waals surface area contributed by atoms with Gasteiger partial charge in [-0.15, -0.1) is 0 Å². The molecule has 1 unspecified atom stereocenters. The first-order valence-electron chi connectivity index (χ1n) is 11.5. The fourth-order valence-corrected chi connectivity index (χ4v) is 5.88. The van der Waals surface area contributed by atoms with Crippen molar-refractivity contribution in [2.24, 2.45) is 11.8 Å². The maximum absolute atomic E-state index is 13.4. The van der Waals surface area contributed by atoms with Crippen LogP contribution < -0.4 is 22.3 Å². The molecule has 1 aliphatic carbocycles. The van der Waals surface area contributed by atoms with Gasteiger partial charge in [-0.2, -0.15) is 0 Å². The van der Waals surface area contributed by atoms with E-state index in [9.17, 15) is 14.7 Å². The van der Waals surface area contributed by atoms with E-state index in [-0.39, 0.29) is 46.6 Å². The van der Waals surface area contributed by atoms with E-state index in [0.29, 0.717) is 23.4 Å². The molecule has 0 spiro atoms. The van der Waals surface area contributed by atoms with Crippen LogP contribution in [0.5, 0.6) is 0 Å². The molecule has 4 fully saturated rings. The molecule has 0 aromatic carbocycles.